The summed E-state index contributed by atoms with van der Waals surface area (Å²) in [5.41, 5.74) is 14.6. The summed E-state index contributed by atoms with van der Waals surface area (Å²) in [5, 5.41) is 23.0. The molecule has 2 heterocycles. The maximum absolute atomic E-state index is 10.5. The molecular formula is C22H22CuN4O4. The molecule has 0 unspecified atom stereocenters. The Morgan fingerprint density at radius 2 is 1.10 bits per heavy atom. The molecule has 2 aromatic heterocycles. The number of aliphatic carboxylic acids is 2. The van der Waals surface area contributed by atoms with Crippen LogP contribution in [0.3, 0.4) is 0 Å². The van der Waals surface area contributed by atoms with Crippen molar-refractivity contribution in [3.8, 4) is 0 Å². The number of carboxylic acids is 2. The molecule has 0 spiro atoms. The molecule has 1 radical (unpaired) electrons. The summed E-state index contributed by atoms with van der Waals surface area (Å²) in [6, 6.07) is 13.5. The fourth-order valence-electron chi connectivity index (χ4n) is 3.24. The number of benzene rings is 2. The Labute approximate surface area is 189 Å². The van der Waals surface area contributed by atoms with Crippen LogP contribution in [-0.2, 0) is 39.5 Å². The number of nitrogens with two attached hydrogens (primary N) is 2. The van der Waals surface area contributed by atoms with E-state index in [1.807, 2.05) is 48.5 Å². The van der Waals surface area contributed by atoms with Crippen molar-refractivity contribution < 1.29 is 36.9 Å². The third-order valence-corrected chi connectivity index (χ3v) is 4.83. The van der Waals surface area contributed by atoms with E-state index >= 15 is 0 Å². The molecule has 31 heavy (non-hydrogen) atoms. The number of aromatic nitrogens is 2. The van der Waals surface area contributed by atoms with Crippen LogP contribution >= 0.6 is 0 Å². The summed E-state index contributed by atoms with van der Waals surface area (Å²) in [4.78, 5) is 27.2. The number of hydrogen-bond donors (Lipinski definition) is 4. The second-order valence-electron chi connectivity index (χ2n) is 6.98. The number of fused-ring (bicyclic) bond motifs is 2. The first-order chi connectivity index (χ1) is 14.4. The maximum Gasteiger partial charge on any atom is 2.00 e. The van der Waals surface area contributed by atoms with Crippen LogP contribution in [0, 0.1) is 0 Å². The molecule has 0 aliphatic carbocycles. The third-order valence-electron chi connectivity index (χ3n) is 4.83. The summed E-state index contributed by atoms with van der Waals surface area (Å²) in [7, 11) is 0. The van der Waals surface area contributed by atoms with Crippen molar-refractivity contribution >= 4 is 33.7 Å². The zero-order valence-electron chi connectivity index (χ0n) is 16.4. The van der Waals surface area contributed by atoms with Gasteiger partial charge in [-0.2, -0.15) is 0 Å². The first kappa shape index (κ1) is 24.2. The Hall–Kier alpha value is -3.10. The Morgan fingerprint density at radius 3 is 1.45 bits per heavy atom. The monoisotopic (exact) mass is 469 g/mol. The van der Waals surface area contributed by atoms with E-state index in [2.05, 4.69) is 9.97 Å². The molecule has 9 heteroatoms. The Bertz CT molecular complexity index is 1080. The van der Waals surface area contributed by atoms with Gasteiger partial charge < -0.3 is 41.2 Å². The summed E-state index contributed by atoms with van der Waals surface area (Å²) in [6.45, 7) is 0. The molecule has 0 fully saturated rings. The number of carbonyl (C=O) groups excluding carboxylic acids is 2. The van der Waals surface area contributed by atoms with Crippen LogP contribution in [-0.4, -0.2) is 34.0 Å². The smallest absolute Gasteiger partial charge is 0.548 e. The molecule has 4 rings (SSSR count). The van der Waals surface area contributed by atoms with Crippen LogP contribution in [0.25, 0.3) is 21.8 Å². The minimum Gasteiger partial charge on any atom is -0.548 e. The van der Waals surface area contributed by atoms with E-state index in [0.717, 1.165) is 32.9 Å². The number of para-hydroxylation sites is 2. The zero-order valence-corrected chi connectivity index (χ0v) is 17.4. The molecule has 0 bridgehead atoms. The predicted molar refractivity (Wildman–Crippen MR) is 110 cm³/mol. The van der Waals surface area contributed by atoms with Crippen molar-refractivity contribution in [2.24, 2.45) is 11.5 Å². The molecular weight excluding hydrogens is 448 g/mol. The average Bonchev–Trinajstić information content (AvgIpc) is 3.33. The van der Waals surface area contributed by atoms with E-state index in [1.54, 1.807) is 12.4 Å². The van der Waals surface area contributed by atoms with Gasteiger partial charge in [-0.05, 0) is 36.1 Å². The standard InChI is InChI=1S/2C11H12N2O2.Cu/c2*12-9(11(14)15)5-7-6-13-10-4-2-1-3-8(7)10;/h2*1-4,6,9,13H,5,12H2,(H,14,15);/q;;+2/p-2/t2*9-;/m00./s1. The second-order valence-corrected chi connectivity index (χ2v) is 6.98. The SMILES string of the molecule is N[C@@H](Cc1c[nH]c2ccccc12)C(=O)[O-].N[C@@H](Cc1c[nH]c2ccccc12)C(=O)[O-].[Cu+2]. The Balaban J connectivity index is 0.000000213. The number of nitrogens with one attached hydrogen (secondary N) is 2. The molecule has 6 N–H and O–H groups in total. The minimum absolute atomic E-state index is 0. The van der Waals surface area contributed by atoms with Crippen molar-refractivity contribution in [1.82, 2.24) is 9.97 Å². The molecule has 2 aromatic carbocycles. The number of H-pyrrole nitrogens is 2. The molecule has 0 aliphatic heterocycles. The zero-order chi connectivity index (χ0) is 21.7. The van der Waals surface area contributed by atoms with E-state index in [4.69, 9.17) is 11.5 Å². The maximum atomic E-state index is 10.5. The quantitative estimate of drug-likeness (QED) is 0.280. The van der Waals surface area contributed by atoms with Crippen molar-refractivity contribution in [2.75, 3.05) is 0 Å². The fourth-order valence-corrected chi connectivity index (χ4v) is 3.24. The van der Waals surface area contributed by atoms with Gasteiger partial charge in [0.15, 0.2) is 0 Å². The molecule has 0 saturated carbocycles. The number of rotatable bonds is 6. The van der Waals surface area contributed by atoms with Gasteiger partial charge in [-0.15, -0.1) is 0 Å². The van der Waals surface area contributed by atoms with Gasteiger partial charge in [0.05, 0.1) is 11.9 Å². The predicted octanol–water partition coefficient (Wildman–Crippen LogP) is -0.427. The molecule has 8 nitrogen and oxygen atoms in total. The van der Waals surface area contributed by atoms with E-state index in [1.165, 1.54) is 0 Å². The van der Waals surface area contributed by atoms with Crippen LogP contribution in [0.5, 0.6) is 0 Å². The van der Waals surface area contributed by atoms with Gasteiger partial charge in [0, 0.05) is 46.3 Å². The van der Waals surface area contributed by atoms with Crippen LogP contribution in [0.4, 0.5) is 0 Å². The summed E-state index contributed by atoms with van der Waals surface area (Å²) >= 11 is 0. The first-order valence-electron chi connectivity index (χ1n) is 9.39. The molecule has 0 saturated heterocycles. The van der Waals surface area contributed by atoms with E-state index in [-0.39, 0.29) is 29.9 Å². The van der Waals surface area contributed by atoms with Crippen molar-refractivity contribution in [1.29, 1.82) is 0 Å². The second kappa shape index (κ2) is 10.8. The van der Waals surface area contributed by atoms with E-state index in [9.17, 15) is 19.8 Å². The molecule has 4 aromatic rings. The van der Waals surface area contributed by atoms with Gasteiger partial charge in [-0.1, -0.05) is 36.4 Å². The average molecular weight is 470 g/mol. The number of aromatic amines is 2. The Kier molecular flexibility index (Phi) is 8.41. The van der Waals surface area contributed by atoms with Crippen LogP contribution in [0.1, 0.15) is 11.1 Å². The molecule has 2 atom stereocenters. The van der Waals surface area contributed by atoms with Crippen molar-refractivity contribution in [2.45, 2.75) is 24.9 Å². The third kappa shape index (κ3) is 5.96. The van der Waals surface area contributed by atoms with Gasteiger partial charge >= 0.3 is 17.1 Å². The van der Waals surface area contributed by atoms with Gasteiger partial charge in [-0.25, -0.2) is 0 Å². The summed E-state index contributed by atoms with van der Waals surface area (Å²) < 4.78 is 0. The van der Waals surface area contributed by atoms with Crippen molar-refractivity contribution in [3.05, 3.63) is 72.1 Å². The minimum atomic E-state index is -1.22. The number of carboxylic acid groups (broad SMARTS) is 2. The summed E-state index contributed by atoms with van der Waals surface area (Å²) in [6.07, 6.45) is 4.14. The van der Waals surface area contributed by atoms with Gasteiger partial charge in [-0.3, -0.25) is 0 Å². The first-order valence-corrected chi connectivity index (χ1v) is 9.39. The van der Waals surface area contributed by atoms with Gasteiger partial charge in [0.25, 0.3) is 0 Å². The normalized spacial score (nSPS) is 12.5. The number of hydrogen-bond acceptors (Lipinski definition) is 6. The largest absolute Gasteiger partial charge is 2.00 e. The van der Waals surface area contributed by atoms with E-state index < -0.39 is 24.0 Å². The summed E-state index contributed by atoms with van der Waals surface area (Å²) in [5.74, 6) is -2.44. The molecule has 0 amide bonds. The van der Waals surface area contributed by atoms with Crippen LogP contribution in [0.2, 0.25) is 0 Å². The van der Waals surface area contributed by atoms with E-state index in [0.29, 0.717) is 0 Å². The van der Waals surface area contributed by atoms with Gasteiger partial charge in [0.1, 0.15) is 0 Å². The molecule has 0 aliphatic rings. The topological polar surface area (TPSA) is 164 Å². The van der Waals surface area contributed by atoms with Crippen molar-refractivity contribution in [3.63, 3.8) is 0 Å². The van der Waals surface area contributed by atoms with Gasteiger partial charge in [0.2, 0.25) is 0 Å². The number of carbonyl (C=O) groups is 2. The molecule has 165 valence electrons. The fraction of sp³-hybridized carbons (Fsp3) is 0.182. The van der Waals surface area contributed by atoms with Crippen LogP contribution in [0.15, 0.2) is 60.9 Å². The Morgan fingerprint density at radius 1 is 0.742 bits per heavy atom. The van der Waals surface area contributed by atoms with Crippen LogP contribution < -0.4 is 21.7 Å².